The molecule has 0 N–H and O–H groups in total. The predicted octanol–water partition coefficient (Wildman–Crippen LogP) is 3.57. The first kappa shape index (κ1) is 13.7. The van der Waals surface area contributed by atoms with Crippen molar-refractivity contribution in [3.05, 3.63) is 0 Å². The smallest absolute Gasteiger partial charge is 0.0213 e. The molecular formula is C11H24IN. The third-order valence-corrected chi connectivity index (χ3v) is 3.43. The minimum atomic E-state index is 0.300. The van der Waals surface area contributed by atoms with Crippen LogP contribution in [-0.4, -0.2) is 27.5 Å². The van der Waals surface area contributed by atoms with Gasteiger partial charge in [-0.15, -0.1) is 0 Å². The maximum Gasteiger partial charge on any atom is 0.0213 e. The van der Waals surface area contributed by atoms with Crippen molar-refractivity contribution in [2.45, 2.75) is 53.1 Å². The summed E-state index contributed by atoms with van der Waals surface area (Å²) in [6.45, 7) is 15.0. The van der Waals surface area contributed by atoms with Crippen LogP contribution in [0.1, 0.15) is 41.5 Å². The van der Waals surface area contributed by atoms with Crippen molar-refractivity contribution in [1.29, 1.82) is 0 Å². The summed E-state index contributed by atoms with van der Waals surface area (Å²) in [7, 11) is 0. The summed E-state index contributed by atoms with van der Waals surface area (Å²) < 4.78 is 1.22. The normalized spacial score (nSPS) is 15.5. The van der Waals surface area contributed by atoms with Gasteiger partial charge in [0.2, 0.25) is 0 Å². The third-order valence-electron chi connectivity index (χ3n) is 2.53. The molecule has 0 spiro atoms. The highest BCUT2D eigenvalue weighted by atomic mass is 127. The van der Waals surface area contributed by atoms with Crippen molar-refractivity contribution in [1.82, 2.24) is 4.90 Å². The van der Waals surface area contributed by atoms with Crippen molar-refractivity contribution in [2.75, 3.05) is 11.0 Å². The molecule has 2 heteroatoms. The van der Waals surface area contributed by atoms with E-state index in [1.165, 1.54) is 4.43 Å². The first-order chi connectivity index (χ1) is 5.84. The summed E-state index contributed by atoms with van der Waals surface area (Å²) in [4.78, 5) is 2.60. The van der Waals surface area contributed by atoms with Gasteiger partial charge >= 0.3 is 0 Å². The first-order valence-electron chi connectivity index (χ1n) is 5.17. The zero-order chi connectivity index (χ0) is 10.6. The molecule has 80 valence electrons. The maximum atomic E-state index is 2.60. The fourth-order valence-electron chi connectivity index (χ4n) is 1.83. The summed E-state index contributed by atoms with van der Waals surface area (Å²) >= 11 is 2.50. The number of rotatable bonds is 4. The van der Waals surface area contributed by atoms with Gasteiger partial charge in [0.25, 0.3) is 0 Å². The van der Waals surface area contributed by atoms with Crippen molar-refractivity contribution < 1.29 is 0 Å². The quantitative estimate of drug-likeness (QED) is 0.566. The largest absolute Gasteiger partial charge is 0.295 e. The molecule has 0 saturated carbocycles. The van der Waals surface area contributed by atoms with Crippen LogP contribution >= 0.6 is 22.6 Å². The Kier molecular flexibility index (Phi) is 5.84. The highest BCUT2D eigenvalue weighted by Crippen LogP contribution is 2.22. The van der Waals surface area contributed by atoms with Crippen molar-refractivity contribution in [2.24, 2.45) is 5.92 Å². The van der Waals surface area contributed by atoms with E-state index in [0.717, 1.165) is 12.5 Å². The van der Waals surface area contributed by atoms with Gasteiger partial charge in [-0.05, 0) is 33.2 Å². The van der Waals surface area contributed by atoms with Crippen LogP contribution in [0.25, 0.3) is 0 Å². The second-order valence-corrected chi connectivity index (χ2v) is 5.80. The predicted molar refractivity (Wildman–Crippen MR) is 69.6 cm³/mol. The van der Waals surface area contributed by atoms with Crippen LogP contribution in [0.5, 0.6) is 0 Å². The van der Waals surface area contributed by atoms with E-state index in [4.69, 9.17) is 0 Å². The van der Waals surface area contributed by atoms with Gasteiger partial charge in [0.05, 0.1) is 0 Å². The standard InChI is InChI=1S/C11H24IN/c1-7-13(11(4,5)6)10(8-12)9(2)3/h9-10H,7-8H2,1-6H3. The molecule has 1 atom stereocenters. The van der Waals surface area contributed by atoms with Crippen LogP contribution in [0.15, 0.2) is 0 Å². The van der Waals surface area contributed by atoms with Crippen molar-refractivity contribution >= 4 is 22.6 Å². The zero-order valence-corrected chi connectivity index (χ0v) is 12.1. The Bertz CT molecular complexity index is 138. The molecule has 0 bridgehead atoms. The Morgan fingerprint density at radius 1 is 1.23 bits per heavy atom. The average molecular weight is 297 g/mol. The molecule has 0 aliphatic rings. The molecule has 0 aliphatic carbocycles. The fourth-order valence-corrected chi connectivity index (χ4v) is 3.32. The Hall–Kier alpha value is 0.690. The molecule has 0 heterocycles. The van der Waals surface area contributed by atoms with E-state index < -0.39 is 0 Å². The summed E-state index contributed by atoms with van der Waals surface area (Å²) in [5.41, 5.74) is 0.300. The Balaban J connectivity index is 4.53. The lowest BCUT2D eigenvalue weighted by atomic mass is 9.97. The van der Waals surface area contributed by atoms with E-state index in [-0.39, 0.29) is 0 Å². The molecule has 0 rings (SSSR count). The summed E-state index contributed by atoms with van der Waals surface area (Å²) in [5.74, 6) is 0.746. The molecule has 0 radical (unpaired) electrons. The molecule has 1 unspecified atom stereocenters. The van der Waals surface area contributed by atoms with Gasteiger partial charge in [-0.3, -0.25) is 4.90 Å². The lowest BCUT2D eigenvalue weighted by molar-refractivity contribution is 0.0770. The number of nitrogens with zero attached hydrogens (tertiary/aromatic N) is 1. The van der Waals surface area contributed by atoms with Crippen molar-refractivity contribution in [3.8, 4) is 0 Å². The number of hydrogen-bond donors (Lipinski definition) is 0. The monoisotopic (exact) mass is 297 g/mol. The first-order valence-corrected chi connectivity index (χ1v) is 6.69. The maximum absolute atomic E-state index is 2.60. The van der Waals surface area contributed by atoms with Gasteiger partial charge < -0.3 is 0 Å². The Morgan fingerprint density at radius 2 is 1.69 bits per heavy atom. The topological polar surface area (TPSA) is 3.24 Å². The van der Waals surface area contributed by atoms with Crippen LogP contribution in [0.2, 0.25) is 0 Å². The second kappa shape index (κ2) is 5.54. The minimum absolute atomic E-state index is 0.300. The van der Waals surface area contributed by atoms with E-state index in [9.17, 15) is 0 Å². The zero-order valence-electron chi connectivity index (χ0n) is 9.89. The fraction of sp³-hybridized carbons (Fsp3) is 1.00. The minimum Gasteiger partial charge on any atom is -0.295 e. The van der Waals surface area contributed by atoms with E-state index in [1.54, 1.807) is 0 Å². The average Bonchev–Trinajstić information content (AvgIpc) is 1.96. The highest BCUT2D eigenvalue weighted by Gasteiger charge is 2.28. The molecule has 0 aromatic carbocycles. The molecule has 0 aromatic rings. The molecule has 1 nitrogen and oxygen atoms in total. The number of alkyl halides is 1. The highest BCUT2D eigenvalue weighted by molar-refractivity contribution is 14.1. The molecule has 13 heavy (non-hydrogen) atoms. The lowest BCUT2D eigenvalue weighted by Crippen LogP contribution is -2.50. The lowest BCUT2D eigenvalue weighted by Gasteiger charge is -2.42. The van der Waals surface area contributed by atoms with Gasteiger partial charge in [-0.25, -0.2) is 0 Å². The SMILES string of the molecule is CCN(C(CI)C(C)C)C(C)(C)C. The summed E-state index contributed by atoms with van der Waals surface area (Å²) in [6.07, 6.45) is 0. The van der Waals surface area contributed by atoms with E-state index in [0.29, 0.717) is 11.6 Å². The van der Waals surface area contributed by atoms with Crippen LogP contribution in [0.4, 0.5) is 0 Å². The number of halogens is 1. The van der Waals surface area contributed by atoms with Gasteiger partial charge in [-0.1, -0.05) is 43.4 Å². The third kappa shape index (κ3) is 4.15. The van der Waals surface area contributed by atoms with Crippen LogP contribution in [-0.2, 0) is 0 Å². The summed E-state index contributed by atoms with van der Waals surface area (Å²) in [6, 6.07) is 0.714. The van der Waals surface area contributed by atoms with Gasteiger partial charge in [0.1, 0.15) is 0 Å². The number of hydrogen-bond acceptors (Lipinski definition) is 1. The van der Waals surface area contributed by atoms with Gasteiger partial charge in [0.15, 0.2) is 0 Å². The van der Waals surface area contributed by atoms with E-state index in [1.807, 2.05) is 0 Å². The van der Waals surface area contributed by atoms with Gasteiger partial charge in [-0.2, -0.15) is 0 Å². The van der Waals surface area contributed by atoms with Crippen LogP contribution < -0.4 is 0 Å². The summed E-state index contributed by atoms with van der Waals surface area (Å²) in [5, 5.41) is 0. The second-order valence-electron chi connectivity index (χ2n) is 4.92. The Morgan fingerprint density at radius 3 is 1.77 bits per heavy atom. The molecule has 0 saturated heterocycles. The van der Waals surface area contributed by atoms with Crippen LogP contribution in [0, 0.1) is 5.92 Å². The van der Waals surface area contributed by atoms with Crippen molar-refractivity contribution in [3.63, 3.8) is 0 Å². The van der Waals surface area contributed by atoms with Gasteiger partial charge in [0, 0.05) is 16.0 Å². The molecule has 0 amide bonds. The van der Waals surface area contributed by atoms with Crippen LogP contribution in [0.3, 0.4) is 0 Å². The molecule has 0 fully saturated rings. The molecule has 0 aromatic heterocycles. The van der Waals surface area contributed by atoms with E-state index in [2.05, 4.69) is 69.0 Å². The van der Waals surface area contributed by atoms with E-state index >= 15 is 0 Å². The Labute approximate surface area is 97.4 Å². The molecule has 0 aliphatic heterocycles. The molecular weight excluding hydrogens is 273 g/mol.